The van der Waals surface area contributed by atoms with Gasteiger partial charge in [0.15, 0.2) is 0 Å². The molecule has 112 valence electrons. The second-order valence-corrected chi connectivity index (χ2v) is 5.48. The maximum atomic E-state index is 5.91. The van der Waals surface area contributed by atoms with Crippen LogP contribution in [0.3, 0.4) is 0 Å². The molecule has 0 unspecified atom stereocenters. The first-order valence-corrected chi connectivity index (χ1v) is 7.47. The van der Waals surface area contributed by atoms with Gasteiger partial charge in [0.2, 0.25) is 0 Å². The summed E-state index contributed by atoms with van der Waals surface area (Å²) in [6.45, 7) is 11.6. The lowest BCUT2D eigenvalue weighted by molar-refractivity contribution is 0.0553. The second-order valence-electron chi connectivity index (χ2n) is 5.48. The zero-order chi connectivity index (χ0) is 14.4. The molecule has 1 aromatic rings. The highest BCUT2D eigenvalue weighted by Gasteiger charge is 2.15. The van der Waals surface area contributed by atoms with Gasteiger partial charge in [-0.2, -0.15) is 0 Å². The van der Waals surface area contributed by atoms with Gasteiger partial charge >= 0.3 is 0 Å². The van der Waals surface area contributed by atoms with Gasteiger partial charge in [0, 0.05) is 26.2 Å². The minimum absolute atomic E-state index is 0.254. The Balaban J connectivity index is 1.99. The molecule has 1 N–H and O–H groups in total. The maximum Gasteiger partial charge on any atom is 0.142 e. The summed E-state index contributed by atoms with van der Waals surface area (Å²) in [6.07, 6.45) is 0.254. The van der Waals surface area contributed by atoms with Gasteiger partial charge in [0.25, 0.3) is 0 Å². The third-order valence-electron chi connectivity index (χ3n) is 3.36. The Hall–Kier alpha value is -1.26. The topological polar surface area (TPSA) is 33.7 Å². The molecule has 0 aliphatic carbocycles. The van der Waals surface area contributed by atoms with E-state index < -0.39 is 0 Å². The van der Waals surface area contributed by atoms with E-state index in [1.807, 2.05) is 13.8 Å². The third kappa shape index (κ3) is 4.39. The smallest absolute Gasteiger partial charge is 0.142 e. The molecule has 1 aliphatic rings. The highest BCUT2D eigenvalue weighted by atomic mass is 16.5. The van der Waals surface area contributed by atoms with Crippen LogP contribution in [0.1, 0.15) is 19.4 Å². The average molecular weight is 278 g/mol. The normalized spacial score (nSPS) is 15.7. The van der Waals surface area contributed by atoms with Crippen LogP contribution in [0.5, 0.6) is 5.75 Å². The summed E-state index contributed by atoms with van der Waals surface area (Å²) in [5, 5.41) is 3.38. The molecule has 0 aromatic heterocycles. The Kier molecular flexibility index (Phi) is 5.68. The maximum absolute atomic E-state index is 5.91. The Morgan fingerprint density at radius 3 is 2.65 bits per heavy atom. The molecule has 1 fully saturated rings. The van der Waals surface area contributed by atoms with Crippen molar-refractivity contribution in [3.63, 3.8) is 0 Å². The monoisotopic (exact) mass is 278 g/mol. The molecule has 0 spiro atoms. The Morgan fingerprint density at radius 1 is 1.20 bits per heavy atom. The summed E-state index contributed by atoms with van der Waals surface area (Å²) in [6, 6.07) is 6.39. The van der Waals surface area contributed by atoms with Crippen LogP contribution in [0, 0.1) is 6.92 Å². The number of ether oxygens (including phenoxy) is 2. The van der Waals surface area contributed by atoms with E-state index >= 15 is 0 Å². The molecule has 20 heavy (non-hydrogen) atoms. The van der Waals surface area contributed by atoms with Crippen molar-refractivity contribution >= 4 is 5.69 Å². The molecule has 2 rings (SSSR count). The molecule has 0 amide bonds. The first-order chi connectivity index (χ1) is 9.66. The second kappa shape index (κ2) is 7.50. The van der Waals surface area contributed by atoms with E-state index in [4.69, 9.17) is 9.47 Å². The van der Waals surface area contributed by atoms with Gasteiger partial charge in [0.05, 0.1) is 18.4 Å². The van der Waals surface area contributed by atoms with Crippen LogP contribution in [0.2, 0.25) is 0 Å². The number of aryl methyl sites for hydroxylation is 1. The van der Waals surface area contributed by atoms with Crippen molar-refractivity contribution in [1.82, 2.24) is 5.32 Å². The molecule has 1 saturated heterocycles. The van der Waals surface area contributed by atoms with Crippen LogP contribution in [0.4, 0.5) is 5.69 Å². The van der Waals surface area contributed by atoms with Gasteiger partial charge in [-0.3, -0.25) is 0 Å². The molecule has 1 aromatic carbocycles. The third-order valence-corrected chi connectivity index (χ3v) is 3.36. The number of hydrogen-bond acceptors (Lipinski definition) is 4. The van der Waals surface area contributed by atoms with Crippen LogP contribution >= 0.6 is 0 Å². The SMILES string of the molecule is Cc1ccc(OCCOC(C)C)c(N2CCNCC2)c1. The van der Waals surface area contributed by atoms with Crippen LogP contribution in [0.25, 0.3) is 0 Å². The van der Waals surface area contributed by atoms with Crippen molar-refractivity contribution < 1.29 is 9.47 Å². The molecule has 1 aliphatic heterocycles. The minimum atomic E-state index is 0.254. The van der Waals surface area contributed by atoms with Gasteiger partial charge in [-0.25, -0.2) is 0 Å². The lowest BCUT2D eigenvalue weighted by Crippen LogP contribution is -2.43. The number of nitrogens with zero attached hydrogens (tertiary/aromatic N) is 1. The Labute approximate surface area is 122 Å². The van der Waals surface area contributed by atoms with E-state index in [0.29, 0.717) is 13.2 Å². The molecule has 0 atom stereocenters. The number of anilines is 1. The highest BCUT2D eigenvalue weighted by Crippen LogP contribution is 2.29. The van der Waals surface area contributed by atoms with Crippen molar-refractivity contribution in [3.8, 4) is 5.75 Å². The van der Waals surface area contributed by atoms with Gasteiger partial charge in [-0.1, -0.05) is 6.07 Å². The molecular formula is C16H26N2O2. The molecule has 4 nitrogen and oxygen atoms in total. The summed E-state index contributed by atoms with van der Waals surface area (Å²) >= 11 is 0. The van der Waals surface area contributed by atoms with E-state index in [9.17, 15) is 0 Å². The average Bonchev–Trinajstić information content (AvgIpc) is 2.45. The Bertz CT molecular complexity index is 415. The van der Waals surface area contributed by atoms with Gasteiger partial charge in [-0.15, -0.1) is 0 Å². The first-order valence-electron chi connectivity index (χ1n) is 7.47. The predicted molar refractivity (Wildman–Crippen MR) is 82.8 cm³/mol. The van der Waals surface area contributed by atoms with Crippen molar-refractivity contribution in [2.24, 2.45) is 0 Å². The minimum Gasteiger partial charge on any atom is -0.489 e. The summed E-state index contributed by atoms with van der Waals surface area (Å²) in [5.41, 5.74) is 2.47. The van der Waals surface area contributed by atoms with Crippen molar-refractivity contribution in [2.45, 2.75) is 26.9 Å². The molecule has 0 radical (unpaired) electrons. The van der Waals surface area contributed by atoms with Crippen LogP contribution in [-0.4, -0.2) is 45.5 Å². The molecule has 1 heterocycles. The van der Waals surface area contributed by atoms with E-state index in [1.54, 1.807) is 0 Å². The summed E-state index contributed by atoms with van der Waals surface area (Å²) in [4.78, 5) is 2.39. The quantitative estimate of drug-likeness (QED) is 0.809. The van der Waals surface area contributed by atoms with E-state index in [2.05, 4.69) is 35.3 Å². The lowest BCUT2D eigenvalue weighted by Gasteiger charge is -2.31. The van der Waals surface area contributed by atoms with Gasteiger partial charge in [0.1, 0.15) is 12.4 Å². The standard InChI is InChI=1S/C16H26N2O2/c1-13(2)19-10-11-20-16-5-4-14(3)12-15(16)18-8-6-17-7-9-18/h4-5,12-13,17H,6-11H2,1-3H3. The fourth-order valence-corrected chi connectivity index (χ4v) is 2.34. The Morgan fingerprint density at radius 2 is 1.95 bits per heavy atom. The van der Waals surface area contributed by atoms with E-state index in [-0.39, 0.29) is 6.10 Å². The fraction of sp³-hybridized carbons (Fsp3) is 0.625. The first kappa shape index (κ1) is 15.1. The number of nitrogens with one attached hydrogen (secondary N) is 1. The number of benzene rings is 1. The van der Waals surface area contributed by atoms with Crippen molar-refractivity contribution in [2.75, 3.05) is 44.3 Å². The predicted octanol–water partition coefficient (Wildman–Crippen LogP) is 2.21. The van der Waals surface area contributed by atoms with Crippen LogP contribution < -0.4 is 15.0 Å². The summed E-state index contributed by atoms with van der Waals surface area (Å²) < 4.78 is 11.4. The zero-order valence-corrected chi connectivity index (χ0v) is 12.8. The fourth-order valence-electron chi connectivity index (χ4n) is 2.34. The molecular weight excluding hydrogens is 252 g/mol. The largest absolute Gasteiger partial charge is 0.489 e. The number of hydrogen-bond donors (Lipinski definition) is 1. The highest BCUT2D eigenvalue weighted by molar-refractivity contribution is 5.60. The van der Waals surface area contributed by atoms with Crippen molar-refractivity contribution in [3.05, 3.63) is 23.8 Å². The number of piperazine rings is 1. The summed E-state index contributed by atoms with van der Waals surface area (Å²) in [5.74, 6) is 0.963. The van der Waals surface area contributed by atoms with E-state index in [1.165, 1.54) is 11.3 Å². The molecule has 0 bridgehead atoms. The van der Waals surface area contributed by atoms with Gasteiger partial charge < -0.3 is 19.7 Å². The zero-order valence-electron chi connectivity index (χ0n) is 12.8. The van der Waals surface area contributed by atoms with E-state index in [0.717, 1.165) is 31.9 Å². The van der Waals surface area contributed by atoms with Gasteiger partial charge in [-0.05, 0) is 38.5 Å². The number of rotatable bonds is 6. The summed E-state index contributed by atoms with van der Waals surface area (Å²) in [7, 11) is 0. The molecule has 4 heteroatoms. The molecule has 0 saturated carbocycles. The van der Waals surface area contributed by atoms with Crippen LogP contribution in [-0.2, 0) is 4.74 Å². The lowest BCUT2D eigenvalue weighted by atomic mass is 10.1. The van der Waals surface area contributed by atoms with Crippen LogP contribution in [0.15, 0.2) is 18.2 Å². The van der Waals surface area contributed by atoms with Crippen molar-refractivity contribution in [1.29, 1.82) is 0 Å².